The minimum absolute atomic E-state index is 0.0416. The van der Waals surface area contributed by atoms with E-state index in [0.717, 1.165) is 24.5 Å². The molecule has 7 heteroatoms. The molecule has 2 heterocycles. The van der Waals surface area contributed by atoms with Crippen molar-refractivity contribution in [2.24, 2.45) is 0 Å². The molecule has 1 N–H and O–H groups in total. The van der Waals surface area contributed by atoms with E-state index in [4.69, 9.17) is 4.74 Å². The smallest absolute Gasteiger partial charge is 0.240 e. The first-order chi connectivity index (χ1) is 9.06. The highest BCUT2D eigenvalue weighted by Gasteiger charge is 2.23. The predicted molar refractivity (Wildman–Crippen MR) is 74.4 cm³/mol. The molecule has 2 atom stereocenters. The Bertz CT molecular complexity index is 427. The molecule has 0 spiro atoms. The molecule has 1 aromatic heterocycles. The second-order valence-corrected chi connectivity index (χ2v) is 5.92. The van der Waals surface area contributed by atoms with E-state index < -0.39 is 0 Å². The number of aryl methyl sites for hydroxylation is 1. The van der Waals surface area contributed by atoms with Gasteiger partial charge in [-0.25, -0.2) is 0 Å². The summed E-state index contributed by atoms with van der Waals surface area (Å²) in [6, 6.07) is 0. The minimum atomic E-state index is -0.0416. The van der Waals surface area contributed by atoms with E-state index >= 15 is 0 Å². The van der Waals surface area contributed by atoms with E-state index in [9.17, 15) is 4.79 Å². The van der Waals surface area contributed by atoms with Crippen LogP contribution in [0.2, 0.25) is 0 Å². The zero-order valence-corrected chi connectivity index (χ0v) is 12.4. The largest absolute Gasteiger partial charge is 0.373 e. The molecule has 19 heavy (non-hydrogen) atoms. The van der Waals surface area contributed by atoms with Crippen LogP contribution >= 0.6 is 11.3 Å². The van der Waals surface area contributed by atoms with Crippen molar-refractivity contribution >= 4 is 22.4 Å². The Balaban J connectivity index is 1.83. The molecule has 0 radical (unpaired) electrons. The van der Waals surface area contributed by atoms with Crippen LogP contribution in [0.5, 0.6) is 0 Å². The van der Waals surface area contributed by atoms with Gasteiger partial charge in [-0.3, -0.25) is 15.0 Å². The Hall–Kier alpha value is -1.05. The number of aromatic nitrogens is 2. The lowest BCUT2D eigenvalue weighted by Gasteiger charge is -2.34. The molecule has 0 bridgehead atoms. The normalized spacial score (nSPS) is 24.4. The molecular weight excluding hydrogens is 264 g/mol. The van der Waals surface area contributed by atoms with Gasteiger partial charge in [0.2, 0.25) is 11.0 Å². The zero-order chi connectivity index (χ0) is 13.8. The highest BCUT2D eigenvalue weighted by atomic mass is 32.1. The molecule has 1 aliphatic rings. The molecule has 1 aromatic rings. The summed E-state index contributed by atoms with van der Waals surface area (Å²) in [5, 5.41) is 12.2. The molecule has 0 aromatic carbocycles. The zero-order valence-electron chi connectivity index (χ0n) is 11.5. The van der Waals surface area contributed by atoms with Gasteiger partial charge < -0.3 is 4.74 Å². The highest BCUT2D eigenvalue weighted by molar-refractivity contribution is 7.15. The van der Waals surface area contributed by atoms with Gasteiger partial charge in [-0.2, -0.15) is 0 Å². The van der Waals surface area contributed by atoms with Gasteiger partial charge >= 0.3 is 0 Å². The molecule has 1 saturated heterocycles. The number of morpholine rings is 1. The number of anilines is 1. The van der Waals surface area contributed by atoms with Crippen LogP contribution in [-0.4, -0.2) is 52.8 Å². The first kappa shape index (κ1) is 14.4. The minimum Gasteiger partial charge on any atom is -0.373 e. The fourth-order valence-corrected chi connectivity index (χ4v) is 2.92. The van der Waals surface area contributed by atoms with Crippen molar-refractivity contribution in [2.75, 3.05) is 25.0 Å². The van der Waals surface area contributed by atoms with Crippen LogP contribution in [0, 0.1) is 0 Å². The lowest BCUT2D eigenvalue weighted by Crippen LogP contribution is -2.48. The lowest BCUT2D eigenvalue weighted by molar-refractivity contribution is -0.121. The SMILES string of the molecule is CCc1nnc(NC(=O)CN2C[C@@H](C)O[C@H](C)C2)s1. The summed E-state index contributed by atoms with van der Waals surface area (Å²) in [6.07, 6.45) is 1.18. The van der Waals surface area contributed by atoms with Gasteiger partial charge in [-0.1, -0.05) is 18.3 Å². The van der Waals surface area contributed by atoms with Gasteiger partial charge in [-0.15, -0.1) is 10.2 Å². The van der Waals surface area contributed by atoms with E-state index in [1.165, 1.54) is 11.3 Å². The van der Waals surface area contributed by atoms with E-state index in [2.05, 4.69) is 20.4 Å². The van der Waals surface area contributed by atoms with Crippen LogP contribution in [0.1, 0.15) is 25.8 Å². The maximum absolute atomic E-state index is 11.9. The second kappa shape index (κ2) is 6.40. The standard InChI is InChI=1S/C12H20N4O2S/c1-4-11-14-15-12(19-11)13-10(17)7-16-5-8(2)18-9(3)6-16/h8-9H,4-7H2,1-3H3,(H,13,15,17)/t8-,9-/m1/s1. The predicted octanol–water partition coefficient (Wildman–Crippen LogP) is 1.15. The van der Waals surface area contributed by atoms with E-state index in [0.29, 0.717) is 11.7 Å². The maximum atomic E-state index is 11.9. The third-order valence-corrected chi connectivity index (χ3v) is 3.86. The molecule has 0 unspecified atom stereocenters. The van der Waals surface area contributed by atoms with Crippen LogP contribution in [0.4, 0.5) is 5.13 Å². The second-order valence-electron chi connectivity index (χ2n) is 4.85. The van der Waals surface area contributed by atoms with Crippen molar-refractivity contribution in [3.05, 3.63) is 5.01 Å². The van der Waals surface area contributed by atoms with Gasteiger partial charge in [0.1, 0.15) is 5.01 Å². The molecule has 0 aliphatic carbocycles. The number of nitrogens with zero attached hydrogens (tertiary/aromatic N) is 3. The summed E-state index contributed by atoms with van der Waals surface area (Å²) in [5.74, 6) is -0.0416. The highest BCUT2D eigenvalue weighted by Crippen LogP contribution is 2.16. The van der Waals surface area contributed by atoms with E-state index in [-0.39, 0.29) is 18.1 Å². The fourth-order valence-electron chi connectivity index (χ4n) is 2.22. The molecule has 1 fully saturated rings. The van der Waals surface area contributed by atoms with Gasteiger partial charge in [0.05, 0.1) is 18.8 Å². The average Bonchev–Trinajstić information content (AvgIpc) is 2.74. The van der Waals surface area contributed by atoms with E-state index in [1.54, 1.807) is 0 Å². The maximum Gasteiger partial charge on any atom is 0.240 e. The van der Waals surface area contributed by atoms with Crippen LogP contribution in [0.25, 0.3) is 0 Å². The monoisotopic (exact) mass is 284 g/mol. The van der Waals surface area contributed by atoms with Crippen molar-refractivity contribution in [3.63, 3.8) is 0 Å². The lowest BCUT2D eigenvalue weighted by atomic mass is 10.2. The summed E-state index contributed by atoms with van der Waals surface area (Å²) in [6.45, 7) is 8.02. The van der Waals surface area contributed by atoms with Crippen LogP contribution < -0.4 is 5.32 Å². The van der Waals surface area contributed by atoms with Crippen LogP contribution in [0.15, 0.2) is 0 Å². The summed E-state index contributed by atoms with van der Waals surface area (Å²) in [4.78, 5) is 14.0. The quantitative estimate of drug-likeness (QED) is 0.898. The Morgan fingerprint density at radius 2 is 2.11 bits per heavy atom. The van der Waals surface area contributed by atoms with Gasteiger partial charge in [0.15, 0.2) is 0 Å². The molecule has 0 saturated carbocycles. The van der Waals surface area contributed by atoms with Gasteiger partial charge in [0, 0.05) is 13.1 Å². The van der Waals surface area contributed by atoms with Crippen molar-refractivity contribution in [1.82, 2.24) is 15.1 Å². The number of carbonyl (C=O) groups excluding carboxylic acids is 1. The van der Waals surface area contributed by atoms with Crippen molar-refractivity contribution in [3.8, 4) is 0 Å². The first-order valence-electron chi connectivity index (χ1n) is 6.57. The van der Waals surface area contributed by atoms with Crippen LogP contribution in [-0.2, 0) is 16.0 Å². The summed E-state index contributed by atoms with van der Waals surface area (Å²) in [7, 11) is 0. The third kappa shape index (κ3) is 4.22. The summed E-state index contributed by atoms with van der Waals surface area (Å²) in [5.41, 5.74) is 0. The Kier molecular flexibility index (Phi) is 4.84. The summed E-state index contributed by atoms with van der Waals surface area (Å²) < 4.78 is 5.64. The number of amides is 1. The number of hydrogen-bond donors (Lipinski definition) is 1. The Labute approximate surface area is 117 Å². The number of ether oxygens (including phenoxy) is 1. The molecule has 2 rings (SSSR count). The van der Waals surface area contributed by atoms with Gasteiger partial charge in [0.25, 0.3) is 0 Å². The topological polar surface area (TPSA) is 67.4 Å². The van der Waals surface area contributed by atoms with Crippen molar-refractivity contribution < 1.29 is 9.53 Å². The Morgan fingerprint density at radius 3 is 2.68 bits per heavy atom. The van der Waals surface area contributed by atoms with Crippen molar-refractivity contribution in [1.29, 1.82) is 0 Å². The molecule has 106 valence electrons. The third-order valence-electron chi connectivity index (χ3n) is 2.88. The number of rotatable bonds is 4. The Morgan fingerprint density at radius 1 is 1.42 bits per heavy atom. The summed E-state index contributed by atoms with van der Waals surface area (Å²) >= 11 is 1.43. The average molecular weight is 284 g/mol. The van der Waals surface area contributed by atoms with Gasteiger partial charge in [-0.05, 0) is 20.3 Å². The molecular formula is C12H20N4O2S. The van der Waals surface area contributed by atoms with Crippen LogP contribution in [0.3, 0.4) is 0 Å². The van der Waals surface area contributed by atoms with E-state index in [1.807, 2.05) is 20.8 Å². The number of nitrogens with one attached hydrogen (secondary N) is 1. The fraction of sp³-hybridized carbons (Fsp3) is 0.750. The van der Waals surface area contributed by atoms with Crippen molar-refractivity contribution in [2.45, 2.75) is 39.4 Å². The molecule has 1 aliphatic heterocycles. The number of hydrogen-bond acceptors (Lipinski definition) is 6. The molecule has 1 amide bonds. The molecule has 6 nitrogen and oxygen atoms in total. The first-order valence-corrected chi connectivity index (χ1v) is 7.38. The number of carbonyl (C=O) groups is 1.